The highest BCUT2D eigenvalue weighted by molar-refractivity contribution is 6.45. The molecule has 0 spiro atoms. The Balaban J connectivity index is 0.000000131. The summed E-state index contributed by atoms with van der Waals surface area (Å²) in [6, 6.07) is 68.6. The molecule has 568 valence electrons. The molecule has 0 aliphatic carbocycles. The minimum atomic E-state index is -0.723. The monoisotopic (exact) mass is 1500 g/mol. The van der Waals surface area contributed by atoms with Gasteiger partial charge >= 0.3 is 0 Å². The molecule has 2 aromatic heterocycles. The average molecular weight is 1500 g/mol. The number of para-hydroxylation sites is 8. The van der Waals surface area contributed by atoms with Crippen molar-refractivity contribution in [3.63, 3.8) is 0 Å². The minimum Gasteiger partial charge on any atom is -0.381 e. The van der Waals surface area contributed by atoms with E-state index in [0.717, 1.165) is 74.9 Å². The van der Waals surface area contributed by atoms with Gasteiger partial charge in [-0.3, -0.25) is 48.3 Å². The van der Waals surface area contributed by atoms with E-state index in [1.807, 2.05) is 182 Å². The minimum absolute atomic E-state index is 0.149. The Labute approximate surface area is 646 Å². The van der Waals surface area contributed by atoms with Crippen LogP contribution in [0.4, 0.5) is 45.5 Å². The maximum Gasteiger partial charge on any atom is 0.274 e. The number of hydrogen-bond acceptors (Lipinski definition) is 18. The zero-order valence-corrected chi connectivity index (χ0v) is 62.1. The molecule has 0 radical (unpaired) electrons. The predicted molar refractivity (Wildman–Crippen MR) is 432 cm³/mol. The summed E-state index contributed by atoms with van der Waals surface area (Å²) in [5.41, 5.74) is 15.4. The molecule has 10 aromatic rings. The third-order valence-corrected chi connectivity index (χ3v) is 19.3. The molecular formula is C86H84N16O10. The Bertz CT molecular complexity index is 5230. The summed E-state index contributed by atoms with van der Waals surface area (Å²) >= 11 is 0. The number of rotatable bonds is 16. The normalized spacial score (nSPS) is 17.2. The van der Waals surface area contributed by atoms with Crippen molar-refractivity contribution in [1.29, 1.82) is 0 Å². The Kier molecular flexibility index (Phi) is 24.3. The maximum absolute atomic E-state index is 12.8. The molecular weight excluding hydrogens is 1420 g/mol. The van der Waals surface area contributed by atoms with Crippen LogP contribution in [0, 0.1) is 6.92 Å². The molecule has 112 heavy (non-hydrogen) atoms. The second kappa shape index (κ2) is 35.8. The number of carbonyl (C=O) groups is 8. The molecule has 8 heterocycles. The average Bonchev–Trinajstić information content (AvgIpc) is 1.65. The van der Waals surface area contributed by atoms with Crippen molar-refractivity contribution in [1.82, 2.24) is 31.6 Å². The molecule has 0 unspecified atom stereocenters. The fourth-order valence-electron chi connectivity index (χ4n) is 13.2. The summed E-state index contributed by atoms with van der Waals surface area (Å²) in [6.45, 7) is 4.32. The molecule has 0 saturated carbocycles. The summed E-state index contributed by atoms with van der Waals surface area (Å²) in [7, 11) is 5.14. The largest absolute Gasteiger partial charge is 0.381 e. The molecule has 0 saturated heterocycles. The van der Waals surface area contributed by atoms with Gasteiger partial charge < -0.3 is 71.6 Å². The van der Waals surface area contributed by atoms with E-state index in [4.69, 9.17) is 9.05 Å². The molecule has 8 amide bonds. The molecule has 8 aromatic carbocycles. The van der Waals surface area contributed by atoms with Gasteiger partial charge in [0, 0.05) is 72.3 Å². The number of fused-ring (bicyclic) bond motifs is 4. The Morgan fingerprint density at radius 2 is 0.705 bits per heavy atom. The van der Waals surface area contributed by atoms with Gasteiger partial charge in [0.15, 0.2) is 11.4 Å². The van der Waals surface area contributed by atoms with Gasteiger partial charge in [-0.25, -0.2) is 0 Å². The molecule has 26 heteroatoms. The lowest BCUT2D eigenvalue weighted by atomic mass is 10.0. The van der Waals surface area contributed by atoms with Crippen molar-refractivity contribution in [2.24, 2.45) is 9.98 Å². The van der Waals surface area contributed by atoms with Gasteiger partial charge in [-0.05, 0) is 114 Å². The Morgan fingerprint density at radius 3 is 1.12 bits per heavy atom. The molecule has 16 rings (SSSR count). The smallest absolute Gasteiger partial charge is 0.274 e. The van der Waals surface area contributed by atoms with Crippen molar-refractivity contribution < 1.29 is 47.4 Å². The second-order valence-electron chi connectivity index (χ2n) is 27.4. The summed E-state index contributed by atoms with van der Waals surface area (Å²) in [4.78, 5) is 115. The summed E-state index contributed by atoms with van der Waals surface area (Å²) in [5, 5.41) is 34.5. The van der Waals surface area contributed by atoms with Gasteiger partial charge in [-0.1, -0.05) is 180 Å². The van der Waals surface area contributed by atoms with E-state index in [9.17, 15) is 38.4 Å². The summed E-state index contributed by atoms with van der Waals surface area (Å²) in [6.07, 6.45) is 6.29. The van der Waals surface area contributed by atoms with E-state index in [-0.39, 0.29) is 53.4 Å². The first kappa shape index (κ1) is 76.2. The number of aryl methyl sites for hydroxylation is 1. The van der Waals surface area contributed by atoms with Gasteiger partial charge in [-0.15, -0.1) is 0 Å². The van der Waals surface area contributed by atoms with Gasteiger partial charge in [0.25, 0.3) is 41.4 Å². The molecule has 6 aliphatic rings. The first-order valence-corrected chi connectivity index (χ1v) is 36.7. The van der Waals surface area contributed by atoms with Crippen LogP contribution in [-0.2, 0) is 54.5 Å². The number of amides is 8. The first-order chi connectivity index (χ1) is 54.4. The fraction of sp³-hybridized carbons (Fsp3) is 0.209. The van der Waals surface area contributed by atoms with Crippen LogP contribution < -0.4 is 62.6 Å². The molecule has 9 N–H and O–H groups in total. The summed E-state index contributed by atoms with van der Waals surface area (Å²) < 4.78 is 10.5. The topological polar surface area (TPSA) is 331 Å². The van der Waals surface area contributed by atoms with Crippen LogP contribution in [0.2, 0.25) is 0 Å². The number of anilines is 8. The zero-order chi connectivity index (χ0) is 78.0. The van der Waals surface area contributed by atoms with Gasteiger partial charge in [0.2, 0.25) is 5.91 Å². The van der Waals surface area contributed by atoms with Crippen LogP contribution in [-0.4, -0.2) is 154 Å². The second-order valence-corrected chi connectivity index (χ2v) is 27.4. The fourth-order valence-corrected chi connectivity index (χ4v) is 13.2. The van der Waals surface area contributed by atoms with E-state index >= 15 is 0 Å². The Hall–Kier alpha value is -14.0. The number of hydrogen-bond donors (Lipinski definition) is 9. The van der Waals surface area contributed by atoms with Crippen LogP contribution >= 0.6 is 0 Å². The van der Waals surface area contributed by atoms with Crippen molar-refractivity contribution in [3.05, 3.63) is 298 Å². The van der Waals surface area contributed by atoms with Crippen LogP contribution in [0.25, 0.3) is 0 Å². The van der Waals surface area contributed by atoms with Crippen molar-refractivity contribution in [2.45, 2.75) is 56.8 Å². The lowest BCUT2D eigenvalue weighted by Gasteiger charge is -2.21. The lowest BCUT2D eigenvalue weighted by Crippen LogP contribution is -2.51. The SMILES string of the molecule is CN1C(=O)[C@@H](NC(=O)C2=NCC(Cc3ccccc3)=C2)CNc2ccccc21.CN1C(=O)[C@@H](NC(=O)c2cc(Cc3ccccc3)on2)CNc2ccccc21.Cc1ccc(CC2=CC(C(=O)N[C@H]3CNc4ccccc4N(C)C3=O)=NC2)cc1.O=C(N[C@H]1CNc2ccccc2NC1=O)c1cc(Cc2ccccc2)on1. The zero-order valence-electron chi connectivity index (χ0n) is 62.1. The number of nitrogens with one attached hydrogen (secondary N) is 9. The molecule has 6 aliphatic heterocycles. The highest BCUT2D eigenvalue weighted by Gasteiger charge is 2.34. The molecule has 26 nitrogen and oxygen atoms in total. The molecule has 0 fully saturated rings. The third-order valence-electron chi connectivity index (χ3n) is 19.3. The number of carbonyl (C=O) groups excluding carboxylic acids is 8. The Morgan fingerprint density at radius 1 is 0.384 bits per heavy atom. The number of aromatic nitrogens is 2. The van der Waals surface area contributed by atoms with Crippen molar-refractivity contribution >= 4 is 104 Å². The number of aliphatic imine (C=N–C) groups is 2. The van der Waals surface area contributed by atoms with E-state index in [1.54, 1.807) is 54.0 Å². The quantitative estimate of drug-likeness (QED) is 0.0435. The van der Waals surface area contributed by atoms with Gasteiger partial charge in [-0.2, -0.15) is 0 Å². The third kappa shape index (κ3) is 19.3. The van der Waals surface area contributed by atoms with Crippen LogP contribution in [0.15, 0.2) is 267 Å². The number of nitrogens with zero attached hydrogens (tertiary/aromatic N) is 7. The van der Waals surface area contributed by atoms with E-state index in [1.165, 1.54) is 16.7 Å². The van der Waals surface area contributed by atoms with Gasteiger partial charge in [0.05, 0.1) is 58.6 Å². The van der Waals surface area contributed by atoms with E-state index in [2.05, 4.69) is 111 Å². The maximum atomic E-state index is 12.8. The van der Waals surface area contributed by atoms with E-state index < -0.39 is 36.0 Å². The van der Waals surface area contributed by atoms with Crippen LogP contribution in [0.3, 0.4) is 0 Å². The van der Waals surface area contributed by atoms with Gasteiger partial charge in [0.1, 0.15) is 47.1 Å². The highest BCUT2D eigenvalue weighted by Crippen LogP contribution is 2.31. The predicted octanol–water partition coefficient (Wildman–Crippen LogP) is 9.56. The van der Waals surface area contributed by atoms with Crippen LogP contribution in [0.1, 0.15) is 60.3 Å². The molecule has 0 bridgehead atoms. The van der Waals surface area contributed by atoms with Crippen molar-refractivity contribution in [2.75, 3.05) is 102 Å². The first-order valence-electron chi connectivity index (χ1n) is 36.7. The number of likely N-dealkylation sites (N-methyl/N-ethyl adjacent to an activating group) is 3. The lowest BCUT2D eigenvalue weighted by molar-refractivity contribution is -0.124. The van der Waals surface area contributed by atoms with Crippen molar-refractivity contribution in [3.8, 4) is 0 Å². The highest BCUT2D eigenvalue weighted by atomic mass is 16.5. The summed E-state index contributed by atoms with van der Waals surface area (Å²) in [5.74, 6) is -1.14. The van der Waals surface area contributed by atoms with E-state index in [0.29, 0.717) is 74.2 Å². The van der Waals surface area contributed by atoms with Crippen LogP contribution in [0.5, 0.6) is 0 Å². The number of benzene rings is 8. The standard InChI is InChI=1S/C23H24N4O2.C22H22N4O2.C21H20N4O3.C20H18N4O3/c1-15-7-9-16(10-8-15)11-17-12-19(24-13-17)22(28)26-20-14-25-18-5-3-4-6-21(18)27(2)23(20)29;1-26-20-10-6-5-9-17(20)24-14-19(22(26)28)25-21(27)18-12-16(13-23-18)11-15-7-3-2-4-8-15;1-25-19-10-6-5-9-16(19)22-13-18(21(25)27)23-20(26)17-12-15(28-24-17)11-14-7-3-2-4-8-14;25-19(17-11-14(27-24-17)10-13-6-2-1-3-7-13)23-18-12-21-15-8-4-5-9-16(15)22-20(18)26/h3-10,12,20,25H,11,13-14H2,1-2H3,(H,26,28);2-10,12,19,24H,11,13-14H2,1H3,(H,25,27);2-10,12,18,22H,11,13H2,1H3,(H,23,26);1-9,11,18,21H,10,12H2,(H,22,26)(H,23,25)/t20-;19-;2*18-/m0000/s1. The molecule has 4 atom stereocenters.